The van der Waals surface area contributed by atoms with Crippen LogP contribution in [-0.2, 0) is 11.3 Å². The zero-order valence-corrected chi connectivity index (χ0v) is 18.0. The number of nitrogens with one attached hydrogen (secondary N) is 2. The Bertz CT molecular complexity index is 810. The van der Waals surface area contributed by atoms with Crippen molar-refractivity contribution in [3.05, 3.63) is 34.0 Å². The molecule has 0 aliphatic carbocycles. The maximum atomic E-state index is 12.5. The zero-order chi connectivity index (χ0) is 20.6. The van der Waals surface area contributed by atoms with Crippen LogP contribution in [0.2, 0.25) is 0 Å². The van der Waals surface area contributed by atoms with E-state index in [-0.39, 0.29) is 5.91 Å². The van der Waals surface area contributed by atoms with Gasteiger partial charge < -0.3 is 20.4 Å². The third kappa shape index (κ3) is 5.86. The minimum atomic E-state index is 0.146. The zero-order valence-electron chi connectivity index (χ0n) is 17.2. The fraction of sp³-hybridized carbons (Fsp3) is 0.526. The molecule has 29 heavy (non-hydrogen) atoms. The predicted molar refractivity (Wildman–Crippen MR) is 115 cm³/mol. The number of carbonyl (C=O) groups is 1. The smallest absolute Gasteiger partial charge is 0.225 e. The molecule has 0 saturated carbocycles. The van der Waals surface area contributed by atoms with Crippen molar-refractivity contribution < 1.29 is 4.79 Å². The normalized spacial score (nSPS) is 14.8. The minimum absolute atomic E-state index is 0.146. The highest BCUT2D eigenvalue weighted by Crippen LogP contribution is 2.15. The lowest BCUT2D eigenvalue weighted by Gasteiger charge is -2.34. The summed E-state index contributed by atoms with van der Waals surface area (Å²) in [6.07, 6.45) is 3.91. The van der Waals surface area contributed by atoms with Crippen LogP contribution in [0.1, 0.15) is 22.0 Å². The van der Waals surface area contributed by atoms with Crippen LogP contribution < -0.4 is 15.5 Å². The van der Waals surface area contributed by atoms with E-state index in [0.717, 1.165) is 29.7 Å². The molecule has 0 radical (unpaired) electrons. The summed E-state index contributed by atoms with van der Waals surface area (Å²) in [6, 6.07) is 1.80. The lowest BCUT2D eigenvalue weighted by Crippen LogP contribution is -2.50. The topological polar surface area (TPSA) is 98.6 Å². The number of nitrogens with zero attached hydrogens (tertiary/aromatic N) is 6. The molecule has 9 nitrogen and oxygen atoms in total. The number of aryl methyl sites for hydroxylation is 2. The summed E-state index contributed by atoms with van der Waals surface area (Å²) < 4.78 is 0. The first-order chi connectivity index (χ1) is 14.1. The number of anilines is 1. The second kappa shape index (κ2) is 10.1. The van der Waals surface area contributed by atoms with Crippen LogP contribution in [0.5, 0.6) is 0 Å². The van der Waals surface area contributed by atoms with Crippen molar-refractivity contribution >= 4 is 29.2 Å². The lowest BCUT2D eigenvalue weighted by molar-refractivity contribution is -0.131. The first-order valence-corrected chi connectivity index (χ1v) is 10.6. The van der Waals surface area contributed by atoms with Crippen LogP contribution in [0.15, 0.2) is 23.5 Å². The quantitative estimate of drug-likeness (QED) is 0.534. The van der Waals surface area contributed by atoms with Gasteiger partial charge in [-0.3, -0.25) is 9.79 Å². The van der Waals surface area contributed by atoms with E-state index in [1.54, 1.807) is 36.8 Å². The molecule has 3 rings (SSSR count). The van der Waals surface area contributed by atoms with Crippen molar-refractivity contribution in [2.45, 2.75) is 26.8 Å². The Morgan fingerprint density at radius 1 is 1.17 bits per heavy atom. The molecule has 1 amide bonds. The first kappa shape index (κ1) is 21.0. The molecule has 1 saturated heterocycles. The van der Waals surface area contributed by atoms with Crippen LogP contribution >= 0.6 is 11.3 Å². The van der Waals surface area contributed by atoms with Crippen molar-refractivity contribution in [2.24, 2.45) is 4.99 Å². The molecule has 0 unspecified atom stereocenters. The van der Waals surface area contributed by atoms with Crippen LogP contribution in [0.25, 0.3) is 0 Å². The minimum Gasteiger partial charge on any atom is -0.356 e. The number of thiazole rings is 1. The molecule has 1 fully saturated rings. The monoisotopic (exact) mass is 416 g/mol. The van der Waals surface area contributed by atoms with Crippen molar-refractivity contribution in [2.75, 3.05) is 44.7 Å². The molecule has 0 atom stereocenters. The van der Waals surface area contributed by atoms with Gasteiger partial charge in [-0.2, -0.15) is 0 Å². The highest BCUT2D eigenvalue weighted by molar-refractivity contribution is 7.11. The first-order valence-electron chi connectivity index (χ1n) is 9.74. The van der Waals surface area contributed by atoms with Crippen molar-refractivity contribution in [1.82, 2.24) is 30.5 Å². The van der Waals surface area contributed by atoms with E-state index >= 15 is 0 Å². The Hall–Kier alpha value is -2.75. The van der Waals surface area contributed by atoms with Gasteiger partial charge in [0.2, 0.25) is 11.9 Å². The van der Waals surface area contributed by atoms with Crippen LogP contribution in [0.4, 0.5) is 5.95 Å². The molecule has 2 N–H and O–H groups in total. The number of carbonyl (C=O) groups excluding carboxylic acids is 1. The fourth-order valence-electron chi connectivity index (χ4n) is 3.05. The van der Waals surface area contributed by atoms with Gasteiger partial charge in [0.25, 0.3) is 0 Å². The summed E-state index contributed by atoms with van der Waals surface area (Å²) in [5.74, 6) is 1.55. The van der Waals surface area contributed by atoms with Crippen LogP contribution in [0, 0.1) is 13.8 Å². The molecule has 1 aliphatic rings. The maximum Gasteiger partial charge on any atom is 0.225 e. The van der Waals surface area contributed by atoms with Gasteiger partial charge in [0.05, 0.1) is 12.2 Å². The third-order valence-corrected chi connectivity index (χ3v) is 5.88. The van der Waals surface area contributed by atoms with Crippen molar-refractivity contribution in [1.29, 1.82) is 0 Å². The number of hydrogen-bond acceptors (Lipinski definition) is 7. The number of rotatable bonds is 6. The Morgan fingerprint density at radius 2 is 1.90 bits per heavy atom. The van der Waals surface area contributed by atoms with E-state index in [2.05, 4.69) is 42.4 Å². The van der Waals surface area contributed by atoms with Gasteiger partial charge in [-0.25, -0.2) is 15.0 Å². The number of aromatic nitrogens is 3. The van der Waals surface area contributed by atoms with Crippen molar-refractivity contribution in [3.63, 3.8) is 0 Å². The SMILES string of the molecule is CN=C(NCCC(=O)N1CCN(c2ncccn2)CC1)NCc1nc(C)c(C)s1. The van der Waals surface area contributed by atoms with Gasteiger partial charge in [0, 0.05) is 63.5 Å². The van der Waals surface area contributed by atoms with E-state index in [0.29, 0.717) is 38.6 Å². The summed E-state index contributed by atoms with van der Waals surface area (Å²) in [5, 5.41) is 7.48. The fourth-order valence-corrected chi connectivity index (χ4v) is 3.92. The van der Waals surface area contributed by atoms with E-state index in [1.807, 2.05) is 11.8 Å². The van der Waals surface area contributed by atoms with Crippen molar-refractivity contribution in [3.8, 4) is 0 Å². The molecule has 1 aliphatic heterocycles. The van der Waals surface area contributed by atoms with E-state index in [1.165, 1.54) is 4.88 Å². The molecule has 156 valence electrons. The van der Waals surface area contributed by atoms with Gasteiger partial charge in [-0.15, -0.1) is 11.3 Å². The summed E-state index contributed by atoms with van der Waals surface area (Å²) in [5.41, 5.74) is 1.07. The Kier molecular flexibility index (Phi) is 7.34. The average molecular weight is 417 g/mol. The number of piperazine rings is 1. The summed E-state index contributed by atoms with van der Waals surface area (Å²) in [7, 11) is 1.72. The maximum absolute atomic E-state index is 12.5. The number of guanidine groups is 1. The molecule has 2 aromatic heterocycles. The van der Waals surface area contributed by atoms with Gasteiger partial charge in [-0.05, 0) is 19.9 Å². The molecular formula is C19H28N8OS. The Morgan fingerprint density at radius 3 is 2.52 bits per heavy atom. The van der Waals surface area contributed by atoms with E-state index in [4.69, 9.17) is 0 Å². The van der Waals surface area contributed by atoms with E-state index < -0.39 is 0 Å². The van der Waals surface area contributed by atoms with Gasteiger partial charge in [0.15, 0.2) is 5.96 Å². The highest BCUT2D eigenvalue weighted by Gasteiger charge is 2.22. The average Bonchev–Trinajstić information content (AvgIpc) is 3.08. The number of amides is 1. The highest BCUT2D eigenvalue weighted by atomic mass is 32.1. The summed E-state index contributed by atoms with van der Waals surface area (Å²) >= 11 is 1.68. The standard InChI is InChI=1S/C19H28N8OS/c1-14-15(2)29-16(25-14)13-24-18(20-3)21-8-5-17(28)26-9-11-27(12-10-26)19-22-6-4-7-23-19/h4,6-7H,5,8-13H2,1-3H3,(H2,20,21,24). The molecule has 10 heteroatoms. The van der Waals surface area contributed by atoms with Crippen LogP contribution in [0.3, 0.4) is 0 Å². The molecule has 0 aromatic carbocycles. The largest absolute Gasteiger partial charge is 0.356 e. The second-order valence-electron chi connectivity index (χ2n) is 6.77. The molecule has 3 heterocycles. The van der Waals surface area contributed by atoms with Gasteiger partial charge in [0.1, 0.15) is 5.01 Å². The Balaban J connectivity index is 1.36. The van der Waals surface area contributed by atoms with Gasteiger partial charge in [-0.1, -0.05) is 0 Å². The molecule has 0 spiro atoms. The predicted octanol–water partition coefficient (Wildman–Crippen LogP) is 0.954. The summed E-state index contributed by atoms with van der Waals surface area (Å²) in [4.78, 5) is 35.0. The Labute approximate surface area is 175 Å². The van der Waals surface area contributed by atoms with Crippen LogP contribution in [-0.4, -0.2) is 71.5 Å². The van der Waals surface area contributed by atoms with Gasteiger partial charge >= 0.3 is 0 Å². The van der Waals surface area contributed by atoms with E-state index in [9.17, 15) is 4.79 Å². The third-order valence-electron chi connectivity index (χ3n) is 4.80. The molecule has 2 aromatic rings. The molecular weight excluding hydrogens is 388 g/mol. The lowest BCUT2D eigenvalue weighted by atomic mass is 10.3. The number of aliphatic imine (C=N–C) groups is 1. The summed E-state index contributed by atoms with van der Waals surface area (Å²) in [6.45, 7) is 8.12. The second-order valence-corrected chi connectivity index (χ2v) is 8.06. The molecule has 0 bridgehead atoms. The number of hydrogen-bond donors (Lipinski definition) is 2.